The summed E-state index contributed by atoms with van der Waals surface area (Å²) in [5.74, 6) is 1.73. The Morgan fingerprint density at radius 1 is 0.533 bits per heavy atom. The van der Waals surface area contributed by atoms with Crippen molar-refractivity contribution < 1.29 is 9.47 Å². The number of rotatable bonds is 12. The first kappa shape index (κ1) is 22.0. The van der Waals surface area contributed by atoms with E-state index in [4.69, 9.17) is 9.47 Å². The highest BCUT2D eigenvalue weighted by Crippen LogP contribution is 2.39. The zero-order valence-electron chi connectivity index (χ0n) is 18.4. The van der Waals surface area contributed by atoms with Crippen LogP contribution in [0.1, 0.15) is 52.4 Å². The topological polar surface area (TPSA) is 18.5 Å². The quantitative estimate of drug-likeness (QED) is 0.284. The van der Waals surface area contributed by atoms with Crippen molar-refractivity contribution in [2.75, 3.05) is 13.2 Å². The van der Waals surface area contributed by atoms with Gasteiger partial charge in [-0.25, -0.2) is 0 Å². The number of para-hydroxylation sites is 1. The number of ether oxygens (including phenoxy) is 2. The van der Waals surface area contributed by atoms with Crippen LogP contribution in [-0.4, -0.2) is 13.2 Å². The summed E-state index contributed by atoms with van der Waals surface area (Å²) in [6.45, 7) is 5.88. The summed E-state index contributed by atoms with van der Waals surface area (Å²) < 4.78 is 12.4. The molecule has 3 aromatic carbocycles. The Labute approximate surface area is 181 Å². The molecule has 0 aliphatic heterocycles. The normalized spacial score (nSPS) is 10.7. The summed E-state index contributed by atoms with van der Waals surface area (Å²) in [5.41, 5.74) is 4.70. The summed E-state index contributed by atoms with van der Waals surface area (Å²) in [6, 6.07) is 25.4. The zero-order valence-corrected chi connectivity index (χ0v) is 18.4. The summed E-state index contributed by atoms with van der Waals surface area (Å²) in [7, 11) is 0. The molecule has 2 heteroatoms. The minimum Gasteiger partial charge on any atom is -0.490 e. The van der Waals surface area contributed by atoms with Crippen molar-refractivity contribution in [1.29, 1.82) is 0 Å². The van der Waals surface area contributed by atoms with E-state index in [1.807, 2.05) is 12.1 Å². The van der Waals surface area contributed by atoms with Gasteiger partial charge >= 0.3 is 0 Å². The third-order valence-electron chi connectivity index (χ3n) is 5.28. The van der Waals surface area contributed by atoms with Crippen LogP contribution in [0.2, 0.25) is 0 Å². The molecule has 0 aliphatic rings. The molecular formula is C28H34O2. The van der Waals surface area contributed by atoms with E-state index >= 15 is 0 Å². The Hall–Kier alpha value is -2.74. The van der Waals surface area contributed by atoms with Gasteiger partial charge in [0.2, 0.25) is 0 Å². The molecule has 0 amide bonds. The van der Waals surface area contributed by atoms with E-state index in [-0.39, 0.29) is 0 Å². The van der Waals surface area contributed by atoms with Crippen molar-refractivity contribution in [3.63, 3.8) is 0 Å². The van der Waals surface area contributed by atoms with Crippen molar-refractivity contribution in [1.82, 2.24) is 0 Å². The lowest BCUT2D eigenvalue weighted by Crippen LogP contribution is -2.04. The Morgan fingerprint density at radius 2 is 1.13 bits per heavy atom. The van der Waals surface area contributed by atoms with E-state index in [1.54, 1.807) is 0 Å². The average molecular weight is 403 g/mol. The van der Waals surface area contributed by atoms with Crippen LogP contribution in [0.5, 0.6) is 11.5 Å². The molecule has 0 unspecified atom stereocenters. The second-order valence-corrected chi connectivity index (χ2v) is 7.69. The number of hydrogen-bond acceptors (Lipinski definition) is 2. The van der Waals surface area contributed by atoms with Crippen LogP contribution in [0.25, 0.3) is 22.3 Å². The van der Waals surface area contributed by atoms with Gasteiger partial charge in [0.05, 0.1) is 13.2 Å². The monoisotopic (exact) mass is 402 g/mol. The van der Waals surface area contributed by atoms with Gasteiger partial charge in [0.15, 0.2) is 11.5 Å². The average Bonchev–Trinajstić information content (AvgIpc) is 2.81. The molecule has 2 nitrogen and oxygen atoms in total. The van der Waals surface area contributed by atoms with Crippen LogP contribution < -0.4 is 9.47 Å². The minimum atomic E-state index is 0.721. The lowest BCUT2D eigenvalue weighted by Gasteiger charge is -2.17. The highest BCUT2D eigenvalue weighted by Gasteiger charge is 2.13. The predicted octanol–water partition coefficient (Wildman–Crippen LogP) is 8.16. The molecule has 3 rings (SSSR count). The highest BCUT2D eigenvalue weighted by molar-refractivity contribution is 5.76. The predicted molar refractivity (Wildman–Crippen MR) is 127 cm³/mol. The van der Waals surface area contributed by atoms with Crippen LogP contribution in [0.3, 0.4) is 0 Å². The Balaban J connectivity index is 1.84. The van der Waals surface area contributed by atoms with E-state index in [0.29, 0.717) is 0 Å². The summed E-state index contributed by atoms with van der Waals surface area (Å²) in [5, 5.41) is 0. The SMILES string of the molecule is CCCCCOc1cccc(-c2ccc(-c3ccccc3)cc2)c1OCCCCC. The van der Waals surface area contributed by atoms with Crippen molar-refractivity contribution in [2.24, 2.45) is 0 Å². The highest BCUT2D eigenvalue weighted by atomic mass is 16.5. The molecule has 0 saturated heterocycles. The number of benzene rings is 3. The molecule has 0 radical (unpaired) electrons. The molecule has 0 heterocycles. The Morgan fingerprint density at radius 3 is 1.80 bits per heavy atom. The zero-order chi connectivity index (χ0) is 21.0. The maximum atomic E-state index is 6.27. The molecule has 3 aromatic rings. The minimum absolute atomic E-state index is 0.721. The van der Waals surface area contributed by atoms with Crippen LogP contribution in [-0.2, 0) is 0 Å². The maximum Gasteiger partial charge on any atom is 0.168 e. The number of hydrogen-bond donors (Lipinski definition) is 0. The lowest BCUT2D eigenvalue weighted by atomic mass is 9.99. The van der Waals surface area contributed by atoms with Crippen LogP contribution in [0.15, 0.2) is 72.8 Å². The number of unbranched alkanes of at least 4 members (excludes halogenated alkanes) is 4. The first-order valence-electron chi connectivity index (χ1n) is 11.4. The Kier molecular flexibility index (Phi) is 8.83. The van der Waals surface area contributed by atoms with Crippen molar-refractivity contribution >= 4 is 0 Å². The molecule has 0 aromatic heterocycles. The molecule has 30 heavy (non-hydrogen) atoms. The van der Waals surface area contributed by atoms with E-state index in [1.165, 1.54) is 36.8 Å². The van der Waals surface area contributed by atoms with E-state index < -0.39 is 0 Å². The fourth-order valence-corrected chi connectivity index (χ4v) is 3.54. The van der Waals surface area contributed by atoms with Gasteiger partial charge in [-0.2, -0.15) is 0 Å². The van der Waals surface area contributed by atoms with Gasteiger partial charge in [-0.1, -0.05) is 106 Å². The van der Waals surface area contributed by atoms with E-state index in [9.17, 15) is 0 Å². The van der Waals surface area contributed by atoms with Gasteiger partial charge < -0.3 is 9.47 Å². The van der Waals surface area contributed by atoms with E-state index in [0.717, 1.165) is 48.7 Å². The summed E-state index contributed by atoms with van der Waals surface area (Å²) >= 11 is 0. The van der Waals surface area contributed by atoms with Gasteiger partial charge in [0.25, 0.3) is 0 Å². The van der Waals surface area contributed by atoms with E-state index in [2.05, 4.69) is 74.5 Å². The molecular weight excluding hydrogens is 368 g/mol. The maximum absolute atomic E-state index is 6.27. The fraction of sp³-hybridized carbons (Fsp3) is 0.357. The van der Waals surface area contributed by atoms with Crippen molar-refractivity contribution in [2.45, 2.75) is 52.4 Å². The van der Waals surface area contributed by atoms with Gasteiger partial charge in [0.1, 0.15) is 0 Å². The molecule has 0 bridgehead atoms. The van der Waals surface area contributed by atoms with Crippen LogP contribution in [0, 0.1) is 0 Å². The molecule has 0 saturated carbocycles. The summed E-state index contributed by atoms with van der Waals surface area (Å²) in [6.07, 6.45) is 6.88. The first-order valence-corrected chi connectivity index (χ1v) is 11.4. The molecule has 158 valence electrons. The van der Waals surface area contributed by atoms with Crippen molar-refractivity contribution in [3.8, 4) is 33.8 Å². The van der Waals surface area contributed by atoms with Crippen LogP contribution >= 0.6 is 0 Å². The third-order valence-corrected chi connectivity index (χ3v) is 5.28. The van der Waals surface area contributed by atoms with Gasteiger partial charge in [-0.3, -0.25) is 0 Å². The Bertz CT molecular complexity index is 869. The van der Waals surface area contributed by atoms with Gasteiger partial charge in [-0.05, 0) is 35.6 Å². The van der Waals surface area contributed by atoms with Gasteiger partial charge in [-0.15, -0.1) is 0 Å². The molecule has 0 N–H and O–H groups in total. The molecule has 0 fully saturated rings. The first-order chi connectivity index (χ1) is 14.8. The largest absolute Gasteiger partial charge is 0.490 e. The summed E-state index contributed by atoms with van der Waals surface area (Å²) in [4.78, 5) is 0. The second kappa shape index (κ2) is 12.1. The van der Waals surface area contributed by atoms with Crippen LogP contribution in [0.4, 0.5) is 0 Å². The molecule has 0 spiro atoms. The fourth-order valence-electron chi connectivity index (χ4n) is 3.54. The smallest absolute Gasteiger partial charge is 0.168 e. The molecule has 0 aliphatic carbocycles. The molecule has 0 atom stereocenters. The second-order valence-electron chi connectivity index (χ2n) is 7.69. The standard InChI is InChI=1S/C28H34O2/c1-3-5-10-21-29-27-16-12-15-26(28(27)30-22-11-6-4-2)25-19-17-24(18-20-25)23-13-8-7-9-14-23/h7-9,12-20H,3-6,10-11,21-22H2,1-2H3. The lowest BCUT2D eigenvalue weighted by molar-refractivity contribution is 0.260. The van der Waals surface area contributed by atoms with Gasteiger partial charge in [0, 0.05) is 5.56 Å². The van der Waals surface area contributed by atoms with Crippen molar-refractivity contribution in [3.05, 3.63) is 72.8 Å². The third kappa shape index (κ3) is 6.13.